The fourth-order valence-electron chi connectivity index (χ4n) is 2.48. The Hall–Kier alpha value is -1.11. The number of benzene rings is 1. The van der Waals surface area contributed by atoms with Crippen LogP contribution >= 0.6 is 0 Å². The van der Waals surface area contributed by atoms with Crippen LogP contribution in [0.4, 0.5) is 0 Å². The van der Waals surface area contributed by atoms with Gasteiger partial charge in [0.1, 0.15) is 5.75 Å². The summed E-state index contributed by atoms with van der Waals surface area (Å²) in [5, 5.41) is 3.48. The molecule has 1 fully saturated rings. The largest absolute Gasteiger partial charge is 0.494 e. The van der Waals surface area contributed by atoms with Crippen molar-refractivity contribution in [2.45, 2.75) is 25.3 Å². The van der Waals surface area contributed by atoms with Crippen molar-refractivity contribution < 1.29 is 13.2 Å². The molecule has 5 nitrogen and oxygen atoms in total. The first-order valence-electron chi connectivity index (χ1n) is 7.42. The summed E-state index contributed by atoms with van der Waals surface area (Å²) in [6.45, 7) is 2.84. The normalized spacial score (nSPS) is 17.8. The van der Waals surface area contributed by atoms with Gasteiger partial charge in [-0.1, -0.05) is 18.2 Å². The molecule has 0 atom stereocenters. The Morgan fingerprint density at radius 3 is 2.52 bits per heavy atom. The van der Waals surface area contributed by atoms with E-state index in [-0.39, 0.29) is 0 Å². The van der Waals surface area contributed by atoms with Crippen LogP contribution in [0.3, 0.4) is 0 Å². The first-order chi connectivity index (χ1) is 10.1. The maximum absolute atomic E-state index is 11.4. The summed E-state index contributed by atoms with van der Waals surface area (Å²) in [6.07, 6.45) is 3.99. The number of hydrogen-bond donors (Lipinski definition) is 1. The van der Waals surface area contributed by atoms with Crippen LogP contribution in [0.25, 0.3) is 0 Å². The van der Waals surface area contributed by atoms with Crippen LogP contribution in [0, 0.1) is 0 Å². The van der Waals surface area contributed by atoms with Gasteiger partial charge in [0.15, 0.2) is 0 Å². The zero-order valence-corrected chi connectivity index (χ0v) is 13.3. The highest BCUT2D eigenvalue weighted by Gasteiger charge is 2.24. The molecule has 21 heavy (non-hydrogen) atoms. The van der Waals surface area contributed by atoms with Gasteiger partial charge in [-0.2, -0.15) is 0 Å². The van der Waals surface area contributed by atoms with Gasteiger partial charge in [0.05, 0.1) is 12.9 Å². The van der Waals surface area contributed by atoms with E-state index in [9.17, 15) is 8.42 Å². The number of rotatable bonds is 7. The minimum atomic E-state index is -3.02. The highest BCUT2D eigenvalue weighted by Crippen LogP contribution is 2.13. The topological polar surface area (TPSA) is 58.6 Å². The van der Waals surface area contributed by atoms with E-state index < -0.39 is 10.0 Å². The lowest BCUT2D eigenvalue weighted by molar-refractivity contribution is 0.274. The van der Waals surface area contributed by atoms with Gasteiger partial charge in [0, 0.05) is 19.1 Å². The van der Waals surface area contributed by atoms with E-state index in [1.54, 1.807) is 4.31 Å². The molecule has 1 heterocycles. The third kappa shape index (κ3) is 5.65. The molecule has 0 saturated carbocycles. The van der Waals surface area contributed by atoms with E-state index in [4.69, 9.17) is 4.74 Å². The van der Waals surface area contributed by atoms with E-state index in [2.05, 4.69) is 5.32 Å². The van der Waals surface area contributed by atoms with Gasteiger partial charge in [-0.15, -0.1) is 0 Å². The van der Waals surface area contributed by atoms with E-state index in [1.165, 1.54) is 6.26 Å². The van der Waals surface area contributed by atoms with Crippen molar-refractivity contribution in [2.75, 3.05) is 32.5 Å². The Bertz CT molecular complexity index is 511. The van der Waals surface area contributed by atoms with Gasteiger partial charge >= 0.3 is 0 Å². The third-order valence-corrected chi connectivity index (χ3v) is 4.99. The monoisotopic (exact) mass is 312 g/mol. The predicted octanol–water partition coefficient (Wildman–Crippen LogP) is 1.47. The molecule has 0 unspecified atom stereocenters. The van der Waals surface area contributed by atoms with Crippen LogP contribution in [0.15, 0.2) is 30.3 Å². The molecule has 1 N–H and O–H groups in total. The predicted molar refractivity (Wildman–Crippen MR) is 84.0 cm³/mol. The molecule has 0 bridgehead atoms. The second-order valence-corrected chi connectivity index (χ2v) is 7.39. The fraction of sp³-hybridized carbons (Fsp3) is 0.600. The maximum atomic E-state index is 11.4. The van der Waals surface area contributed by atoms with Crippen molar-refractivity contribution in [3.05, 3.63) is 30.3 Å². The van der Waals surface area contributed by atoms with Gasteiger partial charge in [-0.05, 0) is 37.9 Å². The van der Waals surface area contributed by atoms with Crippen LogP contribution in [0.2, 0.25) is 0 Å². The van der Waals surface area contributed by atoms with Crippen LogP contribution in [-0.4, -0.2) is 51.3 Å². The molecule has 6 heteroatoms. The molecule has 0 radical (unpaired) electrons. The van der Waals surface area contributed by atoms with Gasteiger partial charge in [-0.25, -0.2) is 12.7 Å². The molecule has 0 spiro atoms. The number of para-hydroxylation sites is 1. The Morgan fingerprint density at radius 2 is 1.90 bits per heavy atom. The molecule has 1 aliphatic heterocycles. The van der Waals surface area contributed by atoms with Gasteiger partial charge in [0.25, 0.3) is 0 Å². The van der Waals surface area contributed by atoms with E-state index in [0.29, 0.717) is 25.7 Å². The molecular formula is C15H24N2O3S. The van der Waals surface area contributed by atoms with Crippen molar-refractivity contribution in [2.24, 2.45) is 0 Å². The van der Waals surface area contributed by atoms with Gasteiger partial charge in [0.2, 0.25) is 10.0 Å². The van der Waals surface area contributed by atoms with Crippen molar-refractivity contribution in [3.63, 3.8) is 0 Å². The lowest BCUT2D eigenvalue weighted by Crippen LogP contribution is -2.44. The zero-order chi connectivity index (χ0) is 15.1. The number of nitrogens with one attached hydrogen (secondary N) is 1. The lowest BCUT2D eigenvalue weighted by Gasteiger charge is -2.30. The SMILES string of the molecule is CS(=O)(=O)N1CCC(NCCCOc2ccccc2)CC1. The average Bonchev–Trinajstić information content (AvgIpc) is 2.47. The smallest absolute Gasteiger partial charge is 0.211 e. The zero-order valence-electron chi connectivity index (χ0n) is 12.5. The van der Waals surface area contributed by atoms with Crippen LogP contribution < -0.4 is 10.1 Å². The number of sulfonamides is 1. The average molecular weight is 312 g/mol. The molecule has 0 aromatic heterocycles. The molecule has 0 aliphatic carbocycles. The van der Waals surface area contributed by atoms with Crippen molar-refractivity contribution in [1.29, 1.82) is 0 Å². The van der Waals surface area contributed by atoms with Crippen molar-refractivity contribution in [3.8, 4) is 5.75 Å². The van der Waals surface area contributed by atoms with Crippen molar-refractivity contribution in [1.82, 2.24) is 9.62 Å². The number of ether oxygens (including phenoxy) is 1. The first-order valence-corrected chi connectivity index (χ1v) is 9.27. The summed E-state index contributed by atoms with van der Waals surface area (Å²) in [5.41, 5.74) is 0. The number of hydrogen-bond acceptors (Lipinski definition) is 4. The summed E-state index contributed by atoms with van der Waals surface area (Å²) < 4.78 is 30.0. The summed E-state index contributed by atoms with van der Waals surface area (Å²) in [5.74, 6) is 0.902. The highest BCUT2D eigenvalue weighted by molar-refractivity contribution is 7.88. The minimum absolute atomic E-state index is 0.416. The Labute approximate surface area is 127 Å². The van der Waals surface area contributed by atoms with Gasteiger partial charge < -0.3 is 10.1 Å². The summed E-state index contributed by atoms with van der Waals surface area (Å²) in [7, 11) is -3.02. The summed E-state index contributed by atoms with van der Waals surface area (Å²) in [4.78, 5) is 0. The first kappa shape index (κ1) is 16.3. The van der Waals surface area contributed by atoms with E-state index >= 15 is 0 Å². The molecule has 1 aromatic carbocycles. The standard InChI is InChI=1S/C15H24N2O3S/c1-21(18,19)17-11-8-14(9-12-17)16-10-5-13-20-15-6-3-2-4-7-15/h2-4,6-7,14,16H,5,8-13H2,1H3. The Kier molecular flexibility index (Phi) is 6.02. The second kappa shape index (κ2) is 7.77. The Balaban J connectivity index is 1.56. The molecule has 1 saturated heterocycles. The summed E-state index contributed by atoms with van der Waals surface area (Å²) >= 11 is 0. The molecule has 118 valence electrons. The quantitative estimate of drug-likeness (QED) is 0.775. The van der Waals surface area contributed by atoms with Crippen LogP contribution in [0.1, 0.15) is 19.3 Å². The minimum Gasteiger partial charge on any atom is -0.494 e. The van der Waals surface area contributed by atoms with Crippen LogP contribution in [-0.2, 0) is 10.0 Å². The molecule has 1 aromatic rings. The lowest BCUT2D eigenvalue weighted by atomic mass is 10.1. The van der Waals surface area contributed by atoms with Crippen LogP contribution in [0.5, 0.6) is 5.75 Å². The highest BCUT2D eigenvalue weighted by atomic mass is 32.2. The molecule has 1 aliphatic rings. The summed E-state index contributed by atoms with van der Waals surface area (Å²) in [6, 6.07) is 10.2. The maximum Gasteiger partial charge on any atom is 0.211 e. The molecular weight excluding hydrogens is 288 g/mol. The molecule has 0 amide bonds. The molecule has 2 rings (SSSR count). The van der Waals surface area contributed by atoms with E-state index in [1.807, 2.05) is 30.3 Å². The van der Waals surface area contributed by atoms with Crippen molar-refractivity contribution >= 4 is 10.0 Å². The Morgan fingerprint density at radius 1 is 1.24 bits per heavy atom. The second-order valence-electron chi connectivity index (χ2n) is 5.41. The number of piperidine rings is 1. The fourth-order valence-corrected chi connectivity index (χ4v) is 3.35. The van der Waals surface area contributed by atoms with Gasteiger partial charge in [-0.3, -0.25) is 0 Å². The van der Waals surface area contributed by atoms with E-state index in [0.717, 1.165) is 31.6 Å². The number of nitrogens with zero attached hydrogens (tertiary/aromatic N) is 1. The third-order valence-electron chi connectivity index (χ3n) is 3.69.